The zero-order valence-corrected chi connectivity index (χ0v) is 16.5. The van der Waals surface area contributed by atoms with Gasteiger partial charge in [0.15, 0.2) is 0 Å². The molecule has 0 aliphatic carbocycles. The van der Waals surface area contributed by atoms with Gasteiger partial charge < -0.3 is 9.73 Å². The predicted molar refractivity (Wildman–Crippen MR) is 103 cm³/mol. The van der Waals surface area contributed by atoms with Crippen molar-refractivity contribution in [3.05, 3.63) is 80.1 Å². The highest BCUT2D eigenvalue weighted by atomic mass is 79.9. The molecule has 1 aromatic heterocycles. The summed E-state index contributed by atoms with van der Waals surface area (Å²) in [6, 6.07) is 8.11. The Labute approximate surface area is 171 Å². The Morgan fingerprint density at radius 1 is 1.10 bits per heavy atom. The number of urea groups is 1. The van der Waals surface area contributed by atoms with Crippen LogP contribution in [0.2, 0.25) is 0 Å². The van der Waals surface area contributed by atoms with E-state index in [1.165, 1.54) is 13.0 Å². The van der Waals surface area contributed by atoms with E-state index in [0.717, 1.165) is 23.1 Å². The molecule has 0 saturated carbocycles. The SMILES string of the molecule is CC1(c2cc(F)ccc2F)NC(=O)N(Cc2cc(=O)oc3cc(Br)ccc23)C1=O. The number of halogens is 3. The average molecular weight is 463 g/mol. The van der Waals surface area contributed by atoms with E-state index in [4.69, 9.17) is 4.42 Å². The molecule has 9 heteroatoms. The van der Waals surface area contributed by atoms with Gasteiger partial charge in [-0.25, -0.2) is 18.4 Å². The second kappa shape index (κ2) is 6.77. The molecule has 1 N–H and O–H groups in total. The molecule has 1 aliphatic rings. The first-order chi connectivity index (χ1) is 13.7. The maximum Gasteiger partial charge on any atom is 0.336 e. The second-order valence-corrected chi connectivity index (χ2v) is 7.72. The van der Waals surface area contributed by atoms with Crippen LogP contribution >= 0.6 is 15.9 Å². The highest BCUT2D eigenvalue weighted by Crippen LogP contribution is 2.33. The molecule has 148 valence electrons. The number of nitrogens with one attached hydrogen (secondary N) is 1. The van der Waals surface area contributed by atoms with Gasteiger partial charge in [-0.3, -0.25) is 9.69 Å². The Morgan fingerprint density at radius 2 is 1.86 bits per heavy atom. The summed E-state index contributed by atoms with van der Waals surface area (Å²) in [4.78, 5) is 38.3. The number of amides is 3. The van der Waals surface area contributed by atoms with Crippen molar-refractivity contribution < 1.29 is 22.8 Å². The van der Waals surface area contributed by atoms with Gasteiger partial charge in [0.2, 0.25) is 0 Å². The van der Waals surface area contributed by atoms with Gasteiger partial charge in [-0.15, -0.1) is 0 Å². The van der Waals surface area contributed by atoms with Gasteiger partial charge >= 0.3 is 11.7 Å². The molecular formula is C20H13BrF2N2O4. The molecule has 1 saturated heterocycles. The Hall–Kier alpha value is -3.07. The molecule has 0 spiro atoms. The smallest absolute Gasteiger partial charge is 0.336 e. The van der Waals surface area contributed by atoms with Crippen LogP contribution in [0.1, 0.15) is 18.1 Å². The van der Waals surface area contributed by atoms with Crippen molar-refractivity contribution in [3.8, 4) is 0 Å². The van der Waals surface area contributed by atoms with Crippen molar-refractivity contribution >= 4 is 38.8 Å². The van der Waals surface area contributed by atoms with Crippen LogP contribution in [0.15, 0.2) is 56.1 Å². The van der Waals surface area contributed by atoms with Crippen molar-refractivity contribution in [1.29, 1.82) is 0 Å². The monoisotopic (exact) mass is 462 g/mol. The molecule has 2 aromatic carbocycles. The van der Waals surface area contributed by atoms with Crippen molar-refractivity contribution in [3.63, 3.8) is 0 Å². The quantitative estimate of drug-likeness (QED) is 0.474. The third kappa shape index (κ3) is 3.21. The lowest BCUT2D eigenvalue weighted by Crippen LogP contribution is -2.41. The number of hydrogen-bond acceptors (Lipinski definition) is 4. The third-order valence-corrected chi connectivity index (χ3v) is 5.36. The molecular weight excluding hydrogens is 450 g/mol. The van der Waals surface area contributed by atoms with Crippen LogP contribution in [0.3, 0.4) is 0 Å². The summed E-state index contributed by atoms with van der Waals surface area (Å²) in [6.07, 6.45) is 0. The van der Waals surface area contributed by atoms with Crippen LogP contribution in [0.4, 0.5) is 13.6 Å². The van der Waals surface area contributed by atoms with E-state index in [2.05, 4.69) is 21.2 Å². The van der Waals surface area contributed by atoms with Crippen LogP contribution in [-0.2, 0) is 16.9 Å². The highest BCUT2D eigenvalue weighted by molar-refractivity contribution is 9.10. The molecule has 0 bridgehead atoms. The van der Waals surface area contributed by atoms with Crippen molar-refractivity contribution in [1.82, 2.24) is 10.2 Å². The predicted octanol–water partition coefficient (Wildman–Crippen LogP) is 3.80. The first-order valence-corrected chi connectivity index (χ1v) is 9.30. The Bertz CT molecular complexity index is 1240. The van der Waals surface area contributed by atoms with E-state index in [1.807, 2.05) is 0 Å². The van der Waals surface area contributed by atoms with E-state index in [0.29, 0.717) is 15.4 Å². The second-order valence-electron chi connectivity index (χ2n) is 6.80. The number of fused-ring (bicyclic) bond motifs is 1. The van der Waals surface area contributed by atoms with Gasteiger partial charge in [-0.2, -0.15) is 0 Å². The lowest BCUT2D eigenvalue weighted by molar-refractivity contribution is -0.131. The van der Waals surface area contributed by atoms with E-state index < -0.39 is 34.7 Å². The number of nitrogens with zero attached hydrogens (tertiary/aromatic N) is 1. The van der Waals surface area contributed by atoms with Crippen molar-refractivity contribution in [2.45, 2.75) is 19.0 Å². The summed E-state index contributed by atoms with van der Waals surface area (Å²) in [6.45, 7) is 1.07. The minimum Gasteiger partial charge on any atom is -0.423 e. The Morgan fingerprint density at radius 3 is 2.62 bits per heavy atom. The number of imide groups is 1. The minimum absolute atomic E-state index is 0.235. The number of benzene rings is 2. The molecule has 3 amide bonds. The molecule has 1 aliphatic heterocycles. The molecule has 1 fully saturated rings. The summed E-state index contributed by atoms with van der Waals surface area (Å²) in [5, 5.41) is 2.97. The lowest BCUT2D eigenvalue weighted by Gasteiger charge is -2.23. The summed E-state index contributed by atoms with van der Waals surface area (Å²) >= 11 is 3.29. The zero-order chi connectivity index (χ0) is 20.9. The summed E-state index contributed by atoms with van der Waals surface area (Å²) in [5.74, 6) is -2.31. The highest BCUT2D eigenvalue weighted by Gasteiger charge is 2.50. The Balaban J connectivity index is 1.75. The fourth-order valence-corrected chi connectivity index (χ4v) is 3.75. The molecule has 29 heavy (non-hydrogen) atoms. The lowest BCUT2D eigenvalue weighted by atomic mass is 9.91. The fraction of sp³-hybridized carbons (Fsp3) is 0.150. The Kier molecular flexibility index (Phi) is 4.49. The largest absolute Gasteiger partial charge is 0.423 e. The zero-order valence-electron chi connectivity index (χ0n) is 15.0. The van der Waals surface area contributed by atoms with Gasteiger partial charge in [0.25, 0.3) is 5.91 Å². The van der Waals surface area contributed by atoms with E-state index in [-0.39, 0.29) is 17.7 Å². The van der Waals surface area contributed by atoms with Crippen LogP contribution in [0.25, 0.3) is 11.0 Å². The molecule has 4 rings (SSSR count). The van der Waals surface area contributed by atoms with Crippen LogP contribution in [-0.4, -0.2) is 16.8 Å². The van der Waals surface area contributed by atoms with Crippen LogP contribution in [0, 0.1) is 11.6 Å². The third-order valence-electron chi connectivity index (χ3n) is 4.86. The van der Waals surface area contributed by atoms with Gasteiger partial charge in [0, 0.05) is 21.5 Å². The van der Waals surface area contributed by atoms with E-state index in [9.17, 15) is 23.2 Å². The van der Waals surface area contributed by atoms with Gasteiger partial charge in [-0.1, -0.05) is 15.9 Å². The maximum absolute atomic E-state index is 14.3. The number of carbonyl (C=O) groups is 2. The first kappa shape index (κ1) is 19.3. The number of rotatable bonds is 3. The van der Waals surface area contributed by atoms with Crippen LogP contribution in [0.5, 0.6) is 0 Å². The number of hydrogen-bond donors (Lipinski definition) is 1. The molecule has 3 aromatic rings. The molecule has 0 radical (unpaired) electrons. The molecule has 1 atom stereocenters. The first-order valence-electron chi connectivity index (χ1n) is 8.51. The minimum atomic E-state index is -1.78. The van der Waals surface area contributed by atoms with E-state index >= 15 is 0 Å². The van der Waals surface area contributed by atoms with Gasteiger partial charge in [-0.05, 0) is 48.9 Å². The molecule has 6 nitrogen and oxygen atoms in total. The summed E-state index contributed by atoms with van der Waals surface area (Å²) < 4.78 is 33.8. The summed E-state index contributed by atoms with van der Waals surface area (Å²) in [5.41, 5.74) is -2.03. The average Bonchev–Trinajstić information content (AvgIpc) is 2.87. The number of carbonyl (C=O) groups excluding carboxylic acids is 2. The van der Waals surface area contributed by atoms with E-state index in [1.54, 1.807) is 18.2 Å². The normalized spacial score (nSPS) is 19.1. The maximum atomic E-state index is 14.3. The molecule has 2 heterocycles. The van der Waals surface area contributed by atoms with Crippen molar-refractivity contribution in [2.24, 2.45) is 0 Å². The molecule has 1 unspecified atom stereocenters. The topological polar surface area (TPSA) is 79.6 Å². The fourth-order valence-electron chi connectivity index (χ4n) is 3.41. The van der Waals surface area contributed by atoms with Gasteiger partial charge in [0.05, 0.1) is 6.54 Å². The standard InChI is InChI=1S/C20H13BrF2N2O4/c1-20(14-8-12(22)3-5-15(14)23)18(27)25(19(28)24-20)9-10-6-17(26)29-16-7-11(21)2-4-13(10)16/h2-8H,9H2,1H3,(H,24,28). The van der Waals surface area contributed by atoms with Gasteiger partial charge in [0.1, 0.15) is 22.8 Å². The summed E-state index contributed by atoms with van der Waals surface area (Å²) in [7, 11) is 0. The van der Waals surface area contributed by atoms with Crippen LogP contribution < -0.4 is 10.9 Å². The van der Waals surface area contributed by atoms with Crippen molar-refractivity contribution in [2.75, 3.05) is 0 Å².